The van der Waals surface area contributed by atoms with Crippen molar-refractivity contribution in [1.82, 2.24) is 14.4 Å². The molecule has 2 aromatic rings. The highest BCUT2D eigenvalue weighted by Gasteiger charge is 2.24. The van der Waals surface area contributed by atoms with E-state index in [1.165, 1.54) is 82.5 Å². The molecule has 5 nitrogen and oxygen atoms in total. The van der Waals surface area contributed by atoms with Crippen LogP contribution < -0.4 is 4.87 Å². The van der Waals surface area contributed by atoms with Crippen molar-refractivity contribution in [3.8, 4) is 0 Å². The molecular formula is C28H43N3O2S. The van der Waals surface area contributed by atoms with Gasteiger partial charge in [-0.3, -0.25) is 19.1 Å². The Balaban J connectivity index is 1.22. The van der Waals surface area contributed by atoms with Gasteiger partial charge in [-0.05, 0) is 56.8 Å². The van der Waals surface area contributed by atoms with E-state index >= 15 is 0 Å². The zero-order valence-electron chi connectivity index (χ0n) is 21.1. The lowest BCUT2D eigenvalue weighted by Crippen LogP contribution is -2.50. The number of hydrogen-bond acceptors (Lipinski definition) is 5. The molecule has 0 N–H and O–H groups in total. The molecule has 1 saturated heterocycles. The second kappa shape index (κ2) is 13.0. The molecule has 1 aromatic heterocycles. The first kappa shape index (κ1) is 25.6. The number of carbonyl (C=O) groups is 1. The number of fused-ring (bicyclic) bond motifs is 1. The zero-order chi connectivity index (χ0) is 23.8. The zero-order valence-corrected chi connectivity index (χ0v) is 21.9. The number of aryl methyl sites for hydroxylation is 1. The summed E-state index contributed by atoms with van der Waals surface area (Å²) in [7, 11) is 0. The van der Waals surface area contributed by atoms with Crippen molar-refractivity contribution in [3.63, 3.8) is 0 Å². The van der Waals surface area contributed by atoms with Crippen LogP contribution in [-0.4, -0.2) is 58.9 Å². The van der Waals surface area contributed by atoms with Gasteiger partial charge in [-0.1, -0.05) is 56.8 Å². The smallest absolute Gasteiger partial charge is 0.301 e. The van der Waals surface area contributed by atoms with Gasteiger partial charge < -0.3 is 4.90 Å². The number of Topliss-reactive ketones (excluding diaryl/α,β-unsaturated/α-hetero) is 1. The van der Waals surface area contributed by atoms with E-state index < -0.39 is 0 Å². The molecule has 0 unspecified atom stereocenters. The van der Waals surface area contributed by atoms with Crippen LogP contribution in [-0.2, 0) is 6.54 Å². The molecule has 6 heteroatoms. The van der Waals surface area contributed by atoms with Crippen molar-refractivity contribution in [3.05, 3.63) is 33.4 Å². The molecule has 34 heavy (non-hydrogen) atoms. The van der Waals surface area contributed by atoms with E-state index in [0.29, 0.717) is 6.42 Å². The highest BCUT2D eigenvalue weighted by Crippen LogP contribution is 2.24. The molecule has 0 spiro atoms. The first-order valence-electron chi connectivity index (χ1n) is 13.8. The van der Waals surface area contributed by atoms with Crippen molar-refractivity contribution < 1.29 is 4.79 Å². The van der Waals surface area contributed by atoms with Crippen molar-refractivity contribution in [2.75, 3.05) is 32.7 Å². The molecule has 1 saturated carbocycles. The summed E-state index contributed by atoms with van der Waals surface area (Å²) >= 11 is 1.28. The maximum Gasteiger partial charge on any atom is 0.308 e. The summed E-state index contributed by atoms with van der Waals surface area (Å²) in [6.45, 7) is 8.90. The Hall–Kier alpha value is -1.50. The van der Waals surface area contributed by atoms with E-state index in [0.717, 1.165) is 60.6 Å². The minimum absolute atomic E-state index is 0.101. The third kappa shape index (κ3) is 6.79. The van der Waals surface area contributed by atoms with Gasteiger partial charge in [0.05, 0.1) is 10.2 Å². The predicted octanol–water partition coefficient (Wildman–Crippen LogP) is 5.95. The number of thiazole rings is 1. The quantitative estimate of drug-likeness (QED) is 0.275. The largest absolute Gasteiger partial charge is 0.308 e. The second-order valence-corrected chi connectivity index (χ2v) is 11.3. The number of piperazine rings is 1. The lowest BCUT2D eigenvalue weighted by atomic mass is 9.94. The maximum atomic E-state index is 12.6. The molecule has 1 aliphatic heterocycles. The van der Waals surface area contributed by atoms with E-state index in [1.54, 1.807) is 0 Å². The van der Waals surface area contributed by atoms with Crippen LogP contribution in [0.4, 0.5) is 0 Å². The normalized spacial score (nSPS) is 18.6. The predicted molar refractivity (Wildman–Crippen MR) is 143 cm³/mol. The van der Waals surface area contributed by atoms with Crippen LogP contribution in [0, 0.1) is 0 Å². The van der Waals surface area contributed by atoms with Crippen LogP contribution in [0.3, 0.4) is 0 Å². The van der Waals surface area contributed by atoms with E-state index in [9.17, 15) is 9.59 Å². The number of hydrogen-bond donors (Lipinski definition) is 0. The number of ketones is 1. The minimum Gasteiger partial charge on any atom is -0.301 e. The number of carbonyl (C=O) groups excluding carboxylic acids is 1. The molecule has 1 aromatic carbocycles. The number of unbranched alkanes of at least 4 members (excludes halogenated alkanes) is 4. The van der Waals surface area contributed by atoms with Crippen molar-refractivity contribution in [2.45, 2.75) is 96.6 Å². The monoisotopic (exact) mass is 485 g/mol. The first-order valence-corrected chi connectivity index (χ1v) is 14.6. The van der Waals surface area contributed by atoms with Crippen LogP contribution in [0.1, 0.15) is 94.3 Å². The van der Waals surface area contributed by atoms with Gasteiger partial charge in [0.2, 0.25) is 0 Å². The summed E-state index contributed by atoms with van der Waals surface area (Å²) in [5, 5.41) is 0. The minimum atomic E-state index is 0.101. The number of benzene rings is 1. The highest BCUT2D eigenvalue weighted by molar-refractivity contribution is 7.16. The average molecular weight is 486 g/mol. The standard InChI is InChI=1S/C28H43N3O2S/c1-2-3-4-8-13-26(32)23-14-15-25-27(22-23)34-28(33)31(25)17-10-9-16-29-18-20-30(21-19-29)24-11-6-5-7-12-24/h14-15,22,24H,2-13,16-21H2,1H3. The molecule has 0 bridgehead atoms. The van der Waals surface area contributed by atoms with Crippen molar-refractivity contribution >= 4 is 27.3 Å². The van der Waals surface area contributed by atoms with E-state index in [4.69, 9.17) is 0 Å². The summed E-state index contributed by atoms with van der Waals surface area (Å²) < 4.78 is 2.86. The van der Waals surface area contributed by atoms with Crippen LogP contribution in [0.15, 0.2) is 23.0 Å². The molecule has 2 heterocycles. The summed E-state index contributed by atoms with van der Waals surface area (Å²) in [5.74, 6) is 0.203. The van der Waals surface area contributed by atoms with Gasteiger partial charge in [0.25, 0.3) is 0 Å². The van der Waals surface area contributed by atoms with Crippen LogP contribution in [0.25, 0.3) is 10.2 Å². The van der Waals surface area contributed by atoms with Gasteiger partial charge in [-0.2, -0.15) is 0 Å². The Bertz CT molecular complexity index is 968. The molecule has 0 amide bonds. The van der Waals surface area contributed by atoms with Gasteiger partial charge in [-0.25, -0.2) is 0 Å². The van der Waals surface area contributed by atoms with Crippen LogP contribution in [0.2, 0.25) is 0 Å². The molecule has 188 valence electrons. The molecule has 0 radical (unpaired) electrons. The average Bonchev–Trinajstić information content (AvgIpc) is 3.19. The Morgan fingerprint density at radius 2 is 1.71 bits per heavy atom. The summed E-state index contributed by atoms with van der Waals surface area (Å²) in [4.78, 5) is 30.6. The highest BCUT2D eigenvalue weighted by atomic mass is 32.1. The van der Waals surface area contributed by atoms with Gasteiger partial charge in [0, 0.05) is 50.7 Å². The van der Waals surface area contributed by atoms with E-state index in [-0.39, 0.29) is 10.7 Å². The number of nitrogens with zero attached hydrogens (tertiary/aromatic N) is 3. The third-order valence-corrected chi connectivity index (χ3v) is 8.79. The summed E-state index contributed by atoms with van der Waals surface area (Å²) in [6, 6.07) is 6.67. The molecule has 2 fully saturated rings. The fraction of sp³-hybridized carbons (Fsp3) is 0.714. The number of aromatic nitrogens is 1. The lowest BCUT2D eigenvalue weighted by Gasteiger charge is -2.40. The Labute approximate surface area is 209 Å². The fourth-order valence-electron chi connectivity index (χ4n) is 5.71. The van der Waals surface area contributed by atoms with Crippen molar-refractivity contribution in [2.24, 2.45) is 0 Å². The molecule has 4 rings (SSSR count). The SMILES string of the molecule is CCCCCCC(=O)c1ccc2c(c1)sc(=O)n2CCCCN1CCN(C2CCCCC2)CC1. The van der Waals surface area contributed by atoms with Crippen LogP contribution in [0.5, 0.6) is 0 Å². The molecule has 1 aliphatic carbocycles. The maximum absolute atomic E-state index is 12.6. The topological polar surface area (TPSA) is 45.6 Å². The lowest BCUT2D eigenvalue weighted by molar-refractivity contribution is 0.0780. The van der Waals surface area contributed by atoms with E-state index in [2.05, 4.69) is 16.7 Å². The van der Waals surface area contributed by atoms with Gasteiger partial charge in [0.1, 0.15) is 0 Å². The second-order valence-electron chi connectivity index (χ2n) is 10.3. The fourth-order valence-corrected chi connectivity index (χ4v) is 6.67. The Morgan fingerprint density at radius 1 is 0.941 bits per heavy atom. The van der Waals surface area contributed by atoms with Gasteiger partial charge in [0.15, 0.2) is 5.78 Å². The third-order valence-electron chi connectivity index (χ3n) is 7.85. The Kier molecular flexibility index (Phi) is 9.77. The Morgan fingerprint density at radius 3 is 2.47 bits per heavy atom. The van der Waals surface area contributed by atoms with Gasteiger partial charge in [-0.15, -0.1) is 0 Å². The van der Waals surface area contributed by atoms with E-state index in [1.807, 2.05) is 22.8 Å². The summed E-state index contributed by atoms with van der Waals surface area (Å²) in [5.41, 5.74) is 1.74. The van der Waals surface area contributed by atoms with Gasteiger partial charge >= 0.3 is 4.87 Å². The van der Waals surface area contributed by atoms with Crippen molar-refractivity contribution in [1.29, 1.82) is 0 Å². The summed E-state index contributed by atoms with van der Waals surface area (Å²) in [6.07, 6.45) is 14.3. The first-order chi connectivity index (χ1) is 16.7. The molecule has 0 atom stereocenters. The van der Waals surface area contributed by atoms with Crippen LogP contribution >= 0.6 is 11.3 Å². The molecule has 2 aliphatic rings. The molecular weight excluding hydrogens is 442 g/mol. The number of rotatable bonds is 12.